The Bertz CT molecular complexity index is 846. The molecule has 0 fully saturated rings. The first-order valence-corrected chi connectivity index (χ1v) is 7.20. The Morgan fingerprint density at radius 2 is 1.88 bits per heavy atom. The van der Waals surface area contributed by atoms with Gasteiger partial charge in [0.2, 0.25) is 0 Å². The van der Waals surface area contributed by atoms with Crippen molar-refractivity contribution in [3.05, 3.63) is 54.4 Å². The predicted octanol–water partition coefficient (Wildman–Crippen LogP) is 2.74. The van der Waals surface area contributed by atoms with Crippen LogP contribution in [0.3, 0.4) is 0 Å². The number of anilines is 1. The van der Waals surface area contributed by atoms with Crippen molar-refractivity contribution in [2.75, 3.05) is 19.5 Å². The number of carbonyl (C=O) groups excluding carboxylic acids is 1. The van der Waals surface area contributed by atoms with Crippen LogP contribution in [0.25, 0.3) is 11.3 Å². The van der Waals surface area contributed by atoms with E-state index in [9.17, 15) is 4.79 Å². The van der Waals surface area contributed by atoms with Gasteiger partial charge in [0.05, 0.1) is 25.5 Å². The highest BCUT2D eigenvalue weighted by molar-refractivity contribution is 6.06. The molecule has 2 aromatic heterocycles. The molecule has 0 saturated carbocycles. The SMILES string of the molecule is COc1ccc(C(=O)Nc2cc(-c3ccncc3)[nH]n2)c(OC)c1. The summed E-state index contributed by atoms with van der Waals surface area (Å²) in [6.45, 7) is 0. The van der Waals surface area contributed by atoms with Gasteiger partial charge in [0.15, 0.2) is 5.82 Å². The van der Waals surface area contributed by atoms with Crippen LogP contribution >= 0.6 is 0 Å². The number of carbonyl (C=O) groups is 1. The van der Waals surface area contributed by atoms with E-state index in [1.165, 1.54) is 7.11 Å². The number of ether oxygens (including phenoxy) is 2. The molecule has 0 radical (unpaired) electrons. The molecular weight excluding hydrogens is 308 g/mol. The minimum absolute atomic E-state index is 0.317. The van der Waals surface area contributed by atoms with Crippen molar-refractivity contribution >= 4 is 11.7 Å². The van der Waals surface area contributed by atoms with Crippen molar-refractivity contribution in [2.45, 2.75) is 0 Å². The molecule has 0 unspecified atom stereocenters. The van der Waals surface area contributed by atoms with Gasteiger partial charge >= 0.3 is 0 Å². The number of hydrogen-bond donors (Lipinski definition) is 2. The fraction of sp³-hybridized carbons (Fsp3) is 0.118. The largest absolute Gasteiger partial charge is 0.497 e. The molecule has 2 N–H and O–H groups in total. The van der Waals surface area contributed by atoms with Crippen molar-refractivity contribution in [3.8, 4) is 22.8 Å². The van der Waals surface area contributed by atoms with Crippen LogP contribution < -0.4 is 14.8 Å². The number of nitrogens with one attached hydrogen (secondary N) is 2. The summed E-state index contributed by atoms with van der Waals surface area (Å²) in [6, 6.07) is 10.5. The number of aromatic nitrogens is 3. The summed E-state index contributed by atoms with van der Waals surface area (Å²) in [7, 11) is 3.06. The molecule has 24 heavy (non-hydrogen) atoms. The molecule has 7 nitrogen and oxygen atoms in total. The van der Waals surface area contributed by atoms with Gasteiger partial charge in [-0.2, -0.15) is 5.10 Å². The zero-order valence-electron chi connectivity index (χ0n) is 13.2. The van der Waals surface area contributed by atoms with Crippen molar-refractivity contribution in [1.82, 2.24) is 15.2 Å². The zero-order chi connectivity index (χ0) is 16.9. The third kappa shape index (κ3) is 3.19. The van der Waals surface area contributed by atoms with Crippen LogP contribution in [0.2, 0.25) is 0 Å². The first kappa shape index (κ1) is 15.5. The van der Waals surface area contributed by atoms with Crippen LogP contribution in [0.5, 0.6) is 11.5 Å². The van der Waals surface area contributed by atoms with E-state index in [1.54, 1.807) is 43.8 Å². The van der Waals surface area contributed by atoms with Crippen LogP contribution in [0.1, 0.15) is 10.4 Å². The predicted molar refractivity (Wildman–Crippen MR) is 89.3 cm³/mol. The number of hydrogen-bond acceptors (Lipinski definition) is 5. The molecular formula is C17H16N4O3. The number of amides is 1. The maximum atomic E-state index is 12.4. The van der Waals surface area contributed by atoms with Gasteiger partial charge in [-0.15, -0.1) is 0 Å². The lowest BCUT2D eigenvalue weighted by atomic mass is 10.1. The lowest BCUT2D eigenvalue weighted by Crippen LogP contribution is -2.13. The molecule has 0 saturated heterocycles. The van der Waals surface area contributed by atoms with E-state index >= 15 is 0 Å². The molecule has 1 amide bonds. The minimum atomic E-state index is -0.317. The van der Waals surface area contributed by atoms with E-state index in [-0.39, 0.29) is 5.91 Å². The van der Waals surface area contributed by atoms with Crippen molar-refractivity contribution in [1.29, 1.82) is 0 Å². The molecule has 122 valence electrons. The van der Waals surface area contributed by atoms with Crippen molar-refractivity contribution in [2.24, 2.45) is 0 Å². The molecule has 3 aromatic rings. The molecule has 0 atom stereocenters. The normalized spacial score (nSPS) is 10.2. The summed E-state index contributed by atoms with van der Waals surface area (Å²) in [5, 5.41) is 9.73. The Morgan fingerprint density at radius 3 is 2.58 bits per heavy atom. The molecule has 2 heterocycles. The Morgan fingerprint density at radius 1 is 1.08 bits per heavy atom. The molecule has 1 aromatic carbocycles. The first-order chi connectivity index (χ1) is 11.7. The fourth-order valence-corrected chi connectivity index (χ4v) is 2.23. The lowest BCUT2D eigenvalue weighted by Gasteiger charge is -2.09. The second kappa shape index (κ2) is 6.82. The summed E-state index contributed by atoms with van der Waals surface area (Å²) in [4.78, 5) is 16.4. The summed E-state index contributed by atoms with van der Waals surface area (Å²) in [5.41, 5.74) is 2.11. The van der Waals surface area contributed by atoms with E-state index in [0.717, 1.165) is 11.3 Å². The number of benzene rings is 1. The molecule has 0 bridgehead atoms. The Labute approximate surface area is 138 Å². The Balaban J connectivity index is 1.79. The van der Waals surface area contributed by atoms with Crippen LogP contribution in [0.15, 0.2) is 48.8 Å². The second-order valence-corrected chi connectivity index (χ2v) is 4.92. The Hall–Kier alpha value is -3.35. The van der Waals surface area contributed by atoms with Crippen LogP contribution in [0, 0.1) is 0 Å². The quantitative estimate of drug-likeness (QED) is 0.753. The smallest absolute Gasteiger partial charge is 0.260 e. The van der Waals surface area contributed by atoms with Gasteiger partial charge in [0.25, 0.3) is 5.91 Å². The molecule has 3 rings (SSSR count). The van der Waals surface area contributed by atoms with Crippen molar-refractivity contribution in [3.63, 3.8) is 0 Å². The third-order valence-electron chi connectivity index (χ3n) is 3.46. The summed E-state index contributed by atoms with van der Waals surface area (Å²) in [6.07, 6.45) is 3.38. The first-order valence-electron chi connectivity index (χ1n) is 7.20. The van der Waals surface area contributed by atoms with E-state index in [1.807, 2.05) is 12.1 Å². The fourth-order valence-electron chi connectivity index (χ4n) is 2.23. The van der Waals surface area contributed by atoms with E-state index in [4.69, 9.17) is 9.47 Å². The molecule has 0 aliphatic rings. The minimum Gasteiger partial charge on any atom is -0.497 e. The highest BCUT2D eigenvalue weighted by atomic mass is 16.5. The van der Waals surface area contributed by atoms with Crippen LogP contribution in [0.4, 0.5) is 5.82 Å². The standard InChI is InChI=1S/C17H16N4O3/c1-23-12-3-4-13(15(9-12)24-2)17(22)19-16-10-14(20-21-16)11-5-7-18-8-6-11/h3-10H,1-2H3,(H2,19,20,21,22). The number of aromatic amines is 1. The van der Waals surface area contributed by atoms with Gasteiger partial charge in [0.1, 0.15) is 11.5 Å². The maximum Gasteiger partial charge on any atom is 0.260 e. The highest BCUT2D eigenvalue weighted by Crippen LogP contribution is 2.26. The number of rotatable bonds is 5. The number of nitrogens with zero attached hydrogens (tertiary/aromatic N) is 2. The monoisotopic (exact) mass is 324 g/mol. The number of pyridine rings is 1. The van der Waals surface area contributed by atoms with Gasteiger partial charge < -0.3 is 14.8 Å². The topological polar surface area (TPSA) is 89.1 Å². The van der Waals surface area contributed by atoms with E-state index < -0.39 is 0 Å². The van der Waals surface area contributed by atoms with Gasteiger partial charge in [0, 0.05) is 30.1 Å². The zero-order valence-corrected chi connectivity index (χ0v) is 13.2. The highest BCUT2D eigenvalue weighted by Gasteiger charge is 2.15. The average Bonchev–Trinajstić information content (AvgIpc) is 3.10. The van der Waals surface area contributed by atoms with Gasteiger partial charge in [-0.05, 0) is 24.3 Å². The molecule has 0 spiro atoms. The average molecular weight is 324 g/mol. The summed E-state index contributed by atoms with van der Waals surface area (Å²) in [5.74, 6) is 1.15. The van der Waals surface area contributed by atoms with Gasteiger partial charge in [-0.1, -0.05) is 0 Å². The van der Waals surface area contributed by atoms with Gasteiger partial charge in [-0.25, -0.2) is 0 Å². The summed E-state index contributed by atoms with van der Waals surface area (Å²) < 4.78 is 10.4. The maximum absolute atomic E-state index is 12.4. The molecule has 0 aliphatic carbocycles. The number of methoxy groups -OCH3 is 2. The van der Waals surface area contributed by atoms with Crippen molar-refractivity contribution < 1.29 is 14.3 Å². The number of H-pyrrole nitrogens is 1. The third-order valence-corrected chi connectivity index (χ3v) is 3.46. The van der Waals surface area contributed by atoms with E-state index in [0.29, 0.717) is 22.9 Å². The summed E-state index contributed by atoms with van der Waals surface area (Å²) >= 11 is 0. The van der Waals surface area contributed by atoms with Gasteiger partial charge in [-0.3, -0.25) is 14.9 Å². The lowest BCUT2D eigenvalue weighted by molar-refractivity contribution is 0.102. The Kier molecular flexibility index (Phi) is 4.42. The molecule has 7 heteroatoms. The second-order valence-electron chi connectivity index (χ2n) is 4.92. The van der Waals surface area contributed by atoms with Crippen LogP contribution in [-0.4, -0.2) is 35.3 Å². The van der Waals surface area contributed by atoms with Crippen LogP contribution in [-0.2, 0) is 0 Å². The molecule has 0 aliphatic heterocycles. The van der Waals surface area contributed by atoms with E-state index in [2.05, 4.69) is 20.5 Å².